The zero-order valence-corrected chi connectivity index (χ0v) is 37.5. The Hall–Kier alpha value is -2.71. The molecule has 0 fully saturated rings. The smallest absolute Gasteiger partial charge is 0.362 e. The second-order valence-electron chi connectivity index (χ2n) is 16.6. The summed E-state index contributed by atoms with van der Waals surface area (Å²) in [5.41, 5.74) is 0. The summed E-state index contributed by atoms with van der Waals surface area (Å²) >= 11 is 0. The minimum atomic E-state index is -0.878. The summed E-state index contributed by atoms with van der Waals surface area (Å²) < 4.78 is 17.3. The van der Waals surface area contributed by atoms with Crippen molar-refractivity contribution in [3.05, 3.63) is 48.6 Å². The predicted molar refractivity (Wildman–Crippen MR) is 238 cm³/mol. The fourth-order valence-electron chi connectivity index (χ4n) is 6.63. The Morgan fingerprint density at radius 2 is 0.982 bits per heavy atom. The lowest BCUT2D eigenvalue weighted by molar-refractivity contribution is -0.887. The van der Waals surface area contributed by atoms with Crippen LogP contribution in [0, 0.1) is 0 Å². The second kappa shape index (κ2) is 40.1. The SMILES string of the molecule is CC/C=C/C/C=C/C/C=C/CCCCCCCCCCCCC(=O)OC(COCCC(C(=O)O)[N+](C)(C)C)COC(=O)CCCCC/C=C/CCCCCCCC. The van der Waals surface area contributed by atoms with Crippen LogP contribution in [-0.4, -0.2) is 80.6 Å². The highest BCUT2D eigenvalue weighted by atomic mass is 16.6. The normalized spacial score (nSPS) is 13.4. The molecule has 0 heterocycles. The van der Waals surface area contributed by atoms with Crippen LogP contribution in [-0.2, 0) is 28.6 Å². The first-order valence-electron chi connectivity index (χ1n) is 23.2. The van der Waals surface area contributed by atoms with Gasteiger partial charge in [0.05, 0.1) is 34.4 Å². The molecule has 0 amide bonds. The molecular weight excluding hydrogens is 715 g/mol. The molecule has 0 aliphatic heterocycles. The van der Waals surface area contributed by atoms with E-state index in [0.29, 0.717) is 19.3 Å². The Bertz CT molecular complexity index is 1070. The van der Waals surface area contributed by atoms with Crippen molar-refractivity contribution in [2.75, 3.05) is 41.0 Å². The second-order valence-corrected chi connectivity index (χ2v) is 16.6. The van der Waals surface area contributed by atoms with E-state index in [1.165, 1.54) is 89.9 Å². The molecule has 0 saturated carbocycles. The summed E-state index contributed by atoms with van der Waals surface area (Å²) in [7, 11) is 5.52. The minimum Gasteiger partial charge on any atom is -0.477 e. The van der Waals surface area contributed by atoms with Gasteiger partial charge in [0, 0.05) is 19.3 Å². The number of aliphatic carboxylic acids is 1. The third kappa shape index (κ3) is 38.6. The lowest BCUT2D eigenvalue weighted by Gasteiger charge is -2.31. The third-order valence-electron chi connectivity index (χ3n) is 10.2. The first-order chi connectivity index (χ1) is 27.6. The predicted octanol–water partition coefficient (Wildman–Crippen LogP) is 12.8. The van der Waals surface area contributed by atoms with Gasteiger partial charge in [0.15, 0.2) is 12.1 Å². The topological polar surface area (TPSA) is 99.1 Å². The van der Waals surface area contributed by atoms with Crippen molar-refractivity contribution in [1.82, 2.24) is 0 Å². The lowest BCUT2D eigenvalue weighted by atomic mass is 10.0. The van der Waals surface area contributed by atoms with E-state index in [1.54, 1.807) is 0 Å². The van der Waals surface area contributed by atoms with Crippen molar-refractivity contribution >= 4 is 17.9 Å². The molecule has 1 N–H and O–H groups in total. The maximum absolute atomic E-state index is 12.7. The van der Waals surface area contributed by atoms with E-state index in [-0.39, 0.29) is 36.2 Å². The van der Waals surface area contributed by atoms with Crippen LogP contribution in [0.5, 0.6) is 0 Å². The Balaban J connectivity index is 4.30. The summed E-state index contributed by atoms with van der Waals surface area (Å²) in [5.74, 6) is -1.49. The monoisotopic (exact) mass is 803 g/mol. The molecule has 0 rings (SSSR count). The molecule has 0 saturated heterocycles. The molecule has 0 aromatic heterocycles. The van der Waals surface area contributed by atoms with Gasteiger partial charge in [0.1, 0.15) is 6.61 Å². The van der Waals surface area contributed by atoms with Gasteiger partial charge in [-0.2, -0.15) is 0 Å². The number of likely N-dealkylation sites (N-methyl/N-ethyl adjacent to an activating group) is 1. The van der Waals surface area contributed by atoms with Crippen LogP contribution in [0.3, 0.4) is 0 Å². The van der Waals surface area contributed by atoms with Gasteiger partial charge < -0.3 is 23.8 Å². The maximum Gasteiger partial charge on any atom is 0.362 e. The molecule has 0 bridgehead atoms. The standard InChI is InChI=1S/C49H87NO7/c1-6-8-10-12-14-16-18-20-21-22-23-24-25-26-28-30-32-34-36-38-40-48(52)57-45(43-55-42-41-46(49(53)54)50(3,4)5)44-56-47(51)39-37-35-33-31-29-27-19-17-15-13-11-9-7-2/h8,10,14,16,20-21,27,29,45-46H,6-7,9,11-13,15,17-19,22-26,28,30-44H2,1-5H3/p+1/b10-8+,16-14+,21-20+,29-27+. The number of hydrogen-bond acceptors (Lipinski definition) is 6. The van der Waals surface area contributed by atoms with E-state index in [9.17, 15) is 19.5 Å². The number of hydrogen-bond donors (Lipinski definition) is 1. The Labute approximate surface area is 350 Å². The average Bonchev–Trinajstić information content (AvgIpc) is 3.17. The van der Waals surface area contributed by atoms with Crippen LogP contribution in [0.25, 0.3) is 0 Å². The number of ether oxygens (including phenoxy) is 3. The van der Waals surface area contributed by atoms with Gasteiger partial charge in [-0.1, -0.05) is 152 Å². The summed E-state index contributed by atoms with van der Waals surface area (Å²) in [4.78, 5) is 37.0. The first-order valence-corrected chi connectivity index (χ1v) is 23.2. The Morgan fingerprint density at radius 3 is 1.49 bits per heavy atom. The summed E-state index contributed by atoms with van der Waals surface area (Å²) in [6.07, 6.45) is 47.2. The number of esters is 2. The molecule has 8 heteroatoms. The van der Waals surface area contributed by atoms with E-state index in [0.717, 1.165) is 70.6 Å². The van der Waals surface area contributed by atoms with Crippen molar-refractivity contribution in [2.45, 2.75) is 206 Å². The van der Waals surface area contributed by atoms with Crippen molar-refractivity contribution < 1.29 is 38.2 Å². The third-order valence-corrected chi connectivity index (χ3v) is 10.2. The molecule has 8 nitrogen and oxygen atoms in total. The molecular formula is C49H88NO7+. The van der Waals surface area contributed by atoms with Gasteiger partial charge in [-0.15, -0.1) is 0 Å². The van der Waals surface area contributed by atoms with E-state index in [4.69, 9.17) is 14.2 Å². The molecule has 330 valence electrons. The quantitative estimate of drug-likeness (QED) is 0.0284. The summed E-state index contributed by atoms with van der Waals surface area (Å²) in [6.45, 7) is 4.60. The molecule has 0 aliphatic rings. The fourth-order valence-corrected chi connectivity index (χ4v) is 6.63. The van der Waals surface area contributed by atoms with Gasteiger partial charge in [0.25, 0.3) is 0 Å². The van der Waals surface area contributed by atoms with Gasteiger partial charge in [-0.3, -0.25) is 9.59 Å². The number of rotatable bonds is 41. The minimum absolute atomic E-state index is 0.0549. The summed E-state index contributed by atoms with van der Waals surface area (Å²) in [5, 5.41) is 9.62. The number of allylic oxidation sites excluding steroid dienone is 8. The van der Waals surface area contributed by atoms with Gasteiger partial charge in [0.2, 0.25) is 0 Å². The number of nitrogens with zero attached hydrogens (tertiary/aromatic N) is 1. The van der Waals surface area contributed by atoms with Crippen LogP contribution in [0.4, 0.5) is 0 Å². The number of carbonyl (C=O) groups excluding carboxylic acids is 2. The first kappa shape index (κ1) is 54.3. The molecule has 0 aliphatic carbocycles. The average molecular weight is 803 g/mol. The van der Waals surface area contributed by atoms with Crippen LogP contribution in [0.1, 0.15) is 194 Å². The number of quaternary nitrogens is 1. The van der Waals surface area contributed by atoms with Gasteiger partial charge in [-0.05, 0) is 70.6 Å². The van der Waals surface area contributed by atoms with E-state index < -0.39 is 18.1 Å². The zero-order chi connectivity index (χ0) is 42.1. The fraction of sp³-hybridized carbons (Fsp3) is 0.776. The molecule has 2 unspecified atom stereocenters. The molecule has 0 aromatic rings. The van der Waals surface area contributed by atoms with Crippen molar-refractivity contribution in [3.63, 3.8) is 0 Å². The van der Waals surface area contributed by atoms with E-state index >= 15 is 0 Å². The molecule has 0 spiro atoms. The van der Waals surface area contributed by atoms with Crippen LogP contribution in [0.15, 0.2) is 48.6 Å². The molecule has 57 heavy (non-hydrogen) atoms. The largest absolute Gasteiger partial charge is 0.477 e. The van der Waals surface area contributed by atoms with E-state index in [2.05, 4.69) is 62.5 Å². The van der Waals surface area contributed by atoms with Crippen LogP contribution >= 0.6 is 0 Å². The highest BCUT2D eigenvalue weighted by Gasteiger charge is 2.31. The number of carboxylic acid groups (broad SMARTS) is 1. The number of carbonyl (C=O) groups is 3. The van der Waals surface area contributed by atoms with E-state index in [1.807, 2.05) is 21.1 Å². The Morgan fingerprint density at radius 1 is 0.544 bits per heavy atom. The van der Waals surface area contributed by atoms with Crippen molar-refractivity contribution in [2.24, 2.45) is 0 Å². The zero-order valence-electron chi connectivity index (χ0n) is 37.5. The van der Waals surface area contributed by atoms with Gasteiger partial charge in [-0.25, -0.2) is 4.79 Å². The highest BCUT2D eigenvalue weighted by Crippen LogP contribution is 2.14. The van der Waals surface area contributed by atoms with Crippen molar-refractivity contribution in [1.29, 1.82) is 0 Å². The molecule has 0 aromatic carbocycles. The lowest BCUT2D eigenvalue weighted by Crippen LogP contribution is -2.50. The molecule has 0 radical (unpaired) electrons. The van der Waals surface area contributed by atoms with Crippen LogP contribution in [0.2, 0.25) is 0 Å². The van der Waals surface area contributed by atoms with Crippen molar-refractivity contribution in [3.8, 4) is 0 Å². The van der Waals surface area contributed by atoms with Crippen LogP contribution < -0.4 is 0 Å². The Kier molecular flexibility index (Phi) is 38.2. The van der Waals surface area contributed by atoms with Gasteiger partial charge >= 0.3 is 17.9 Å². The number of unbranched alkanes of at least 4 members (excludes halogenated alkanes) is 19. The summed E-state index contributed by atoms with van der Waals surface area (Å²) in [6, 6.07) is -0.617. The number of carboxylic acids is 1. The molecule has 2 atom stereocenters. The maximum atomic E-state index is 12.7. The highest BCUT2D eigenvalue weighted by molar-refractivity contribution is 5.72.